The first-order valence-corrected chi connectivity index (χ1v) is 4.69. The Morgan fingerprint density at radius 3 is 2.73 bits per heavy atom. The van der Waals surface area contributed by atoms with Gasteiger partial charge < -0.3 is 9.47 Å². The molecular weight excluding hydrogens is 192 g/mol. The average Bonchev–Trinajstić information content (AvgIpc) is 2.27. The van der Waals surface area contributed by atoms with Crippen LogP contribution in [0.25, 0.3) is 6.08 Å². The van der Waals surface area contributed by atoms with Crippen LogP contribution in [0.5, 0.6) is 11.5 Å². The molecule has 0 saturated carbocycles. The fraction of sp³-hybridized carbons (Fsp3) is 0.250. The number of methoxy groups -OCH3 is 1. The fourth-order valence-electron chi connectivity index (χ4n) is 1.22. The number of aldehydes is 1. The molecule has 0 spiro atoms. The van der Waals surface area contributed by atoms with Crippen LogP contribution in [0.1, 0.15) is 12.5 Å². The van der Waals surface area contributed by atoms with Gasteiger partial charge in [-0.15, -0.1) is 0 Å². The number of allylic oxidation sites excluding steroid dienone is 1. The molecule has 3 heteroatoms. The van der Waals surface area contributed by atoms with Gasteiger partial charge in [0, 0.05) is 0 Å². The molecule has 0 atom stereocenters. The molecule has 0 heterocycles. The van der Waals surface area contributed by atoms with E-state index in [1.54, 1.807) is 13.2 Å². The normalized spacial score (nSPS) is 10.3. The molecule has 0 fully saturated rings. The van der Waals surface area contributed by atoms with Gasteiger partial charge in [0.25, 0.3) is 0 Å². The first-order valence-electron chi connectivity index (χ1n) is 4.69. The fourth-order valence-corrected chi connectivity index (χ4v) is 1.22. The molecule has 1 aromatic rings. The van der Waals surface area contributed by atoms with Crippen LogP contribution in [0.15, 0.2) is 24.3 Å². The quantitative estimate of drug-likeness (QED) is 0.693. The summed E-state index contributed by atoms with van der Waals surface area (Å²) in [6.07, 6.45) is 4.62. The second kappa shape index (κ2) is 5.86. The maximum atomic E-state index is 10.2. The topological polar surface area (TPSA) is 35.5 Å². The zero-order chi connectivity index (χ0) is 11.1. The number of benzene rings is 1. The van der Waals surface area contributed by atoms with Gasteiger partial charge in [0.15, 0.2) is 17.8 Å². The standard InChI is InChI=1S/C12H14O3/c1-3-4-10-5-6-11(15-8-7-13)12(9-10)14-2/h3-7,9H,8H2,1-2H3. The van der Waals surface area contributed by atoms with Crippen LogP contribution in [0, 0.1) is 0 Å². The van der Waals surface area contributed by atoms with Crippen molar-refractivity contribution in [1.29, 1.82) is 0 Å². The molecule has 3 nitrogen and oxygen atoms in total. The van der Waals surface area contributed by atoms with Gasteiger partial charge in [0.05, 0.1) is 7.11 Å². The number of hydrogen-bond acceptors (Lipinski definition) is 3. The Morgan fingerprint density at radius 1 is 1.33 bits per heavy atom. The van der Waals surface area contributed by atoms with E-state index in [2.05, 4.69) is 0 Å². The van der Waals surface area contributed by atoms with Gasteiger partial charge in [-0.1, -0.05) is 18.2 Å². The van der Waals surface area contributed by atoms with E-state index in [4.69, 9.17) is 9.47 Å². The molecule has 0 saturated heterocycles. The summed E-state index contributed by atoms with van der Waals surface area (Å²) in [5.74, 6) is 1.21. The van der Waals surface area contributed by atoms with E-state index in [-0.39, 0.29) is 6.61 Å². The summed E-state index contributed by atoms with van der Waals surface area (Å²) in [5, 5.41) is 0. The molecule has 0 aliphatic rings. The zero-order valence-electron chi connectivity index (χ0n) is 8.90. The van der Waals surface area contributed by atoms with Gasteiger partial charge in [-0.25, -0.2) is 0 Å². The molecule has 0 aromatic heterocycles. The smallest absolute Gasteiger partial charge is 0.161 e. The lowest BCUT2D eigenvalue weighted by atomic mass is 10.2. The van der Waals surface area contributed by atoms with Crippen molar-refractivity contribution in [3.63, 3.8) is 0 Å². The minimum absolute atomic E-state index is 0.0410. The molecular formula is C12H14O3. The van der Waals surface area contributed by atoms with Crippen molar-refractivity contribution >= 4 is 12.4 Å². The highest BCUT2D eigenvalue weighted by Gasteiger charge is 2.03. The molecule has 0 unspecified atom stereocenters. The van der Waals surface area contributed by atoms with Crippen molar-refractivity contribution < 1.29 is 14.3 Å². The summed E-state index contributed by atoms with van der Waals surface area (Å²) in [6, 6.07) is 5.56. The Kier molecular flexibility index (Phi) is 4.41. The monoisotopic (exact) mass is 206 g/mol. The van der Waals surface area contributed by atoms with E-state index in [1.165, 1.54) is 0 Å². The second-order valence-electron chi connectivity index (χ2n) is 2.89. The molecule has 0 radical (unpaired) electrons. The first kappa shape index (κ1) is 11.3. The summed E-state index contributed by atoms with van der Waals surface area (Å²) in [7, 11) is 1.57. The highest BCUT2D eigenvalue weighted by Crippen LogP contribution is 2.28. The Morgan fingerprint density at radius 2 is 2.13 bits per heavy atom. The number of hydrogen-bond donors (Lipinski definition) is 0. The van der Waals surface area contributed by atoms with Crippen molar-refractivity contribution in [2.24, 2.45) is 0 Å². The number of rotatable bonds is 5. The third-order valence-electron chi connectivity index (χ3n) is 1.85. The molecule has 0 aliphatic heterocycles. The van der Waals surface area contributed by atoms with Crippen LogP contribution in [0.4, 0.5) is 0 Å². The van der Waals surface area contributed by atoms with Gasteiger partial charge in [0.2, 0.25) is 0 Å². The summed E-state index contributed by atoms with van der Waals surface area (Å²) in [6.45, 7) is 1.99. The molecule has 80 valence electrons. The van der Waals surface area contributed by atoms with E-state index in [0.717, 1.165) is 5.56 Å². The summed E-state index contributed by atoms with van der Waals surface area (Å²) in [5.41, 5.74) is 1.04. The van der Waals surface area contributed by atoms with Crippen molar-refractivity contribution in [3.8, 4) is 11.5 Å². The van der Waals surface area contributed by atoms with Gasteiger partial charge in [-0.05, 0) is 24.6 Å². The van der Waals surface area contributed by atoms with Crippen LogP contribution in [0.2, 0.25) is 0 Å². The van der Waals surface area contributed by atoms with E-state index in [1.807, 2.05) is 31.2 Å². The largest absolute Gasteiger partial charge is 0.493 e. The van der Waals surface area contributed by atoms with Crippen molar-refractivity contribution in [3.05, 3.63) is 29.8 Å². The van der Waals surface area contributed by atoms with Gasteiger partial charge in [-0.3, -0.25) is 4.79 Å². The maximum absolute atomic E-state index is 10.2. The van der Waals surface area contributed by atoms with Crippen LogP contribution in [-0.4, -0.2) is 20.0 Å². The second-order valence-corrected chi connectivity index (χ2v) is 2.89. The summed E-state index contributed by atoms with van der Waals surface area (Å²) >= 11 is 0. The Balaban J connectivity index is 2.92. The van der Waals surface area contributed by atoms with Crippen LogP contribution < -0.4 is 9.47 Å². The highest BCUT2D eigenvalue weighted by atomic mass is 16.5. The predicted octanol–water partition coefficient (Wildman–Crippen LogP) is 2.31. The number of carbonyl (C=O) groups excluding carboxylic acids is 1. The zero-order valence-corrected chi connectivity index (χ0v) is 8.90. The summed E-state index contributed by atoms with van der Waals surface area (Å²) < 4.78 is 10.3. The van der Waals surface area contributed by atoms with Gasteiger partial charge >= 0.3 is 0 Å². The van der Waals surface area contributed by atoms with Crippen molar-refractivity contribution in [2.75, 3.05) is 13.7 Å². The van der Waals surface area contributed by atoms with Crippen LogP contribution in [0.3, 0.4) is 0 Å². The minimum Gasteiger partial charge on any atom is -0.493 e. The van der Waals surface area contributed by atoms with Crippen molar-refractivity contribution in [2.45, 2.75) is 6.92 Å². The molecule has 15 heavy (non-hydrogen) atoms. The molecule has 1 rings (SSSR count). The van der Waals surface area contributed by atoms with E-state index < -0.39 is 0 Å². The minimum atomic E-state index is 0.0410. The van der Waals surface area contributed by atoms with Crippen molar-refractivity contribution in [1.82, 2.24) is 0 Å². The molecule has 1 aromatic carbocycles. The Bertz CT molecular complexity index is 356. The third kappa shape index (κ3) is 3.13. The molecule has 0 N–H and O–H groups in total. The lowest BCUT2D eigenvalue weighted by Crippen LogP contribution is -1.99. The lowest BCUT2D eigenvalue weighted by molar-refractivity contribution is -0.109. The summed E-state index contributed by atoms with van der Waals surface area (Å²) in [4.78, 5) is 10.2. The van der Waals surface area contributed by atoms with Crippen LogP contribution >= 0.6 is 0 Å². The van der Waals surface area contributed by atoms with E-state index in [9.17, 15) is 4.79 Å². The lowest BCUT2D eigenvalue weighted by Gasteiger charge is -2.08. The predicted molar refractivity (Wildman–Crippen MR) is 59.3 cm³/mol. The highest BCUT2D eigenvalue weighted by molar-refractivity contribution is 5.57. The number of carbonyl (C=O) groups is 1. The number of ether oxygens (including phenoxy) is 2. The average molecular weight is 206 g/mol. The van der Waals surface area contributed by atoms with Gasteiger partial charge in [0.1, 0.15) is 6.61 Å². The Hall–Kier alpha value is -1.77. The Labute approximate surface area is 89.3 Å². The molecule has 0 aliphatic carbocycles. The van der Waals surface area contributed by atoms with E-state index in [0.29, 0.717) is 17.8 Å². The van der Waals surface area contributed by atoms with Gasteiger partial charge in [-0.2, -0.15) is 0 Å². The first-order chi connectivity index (χ1) is 7.31. The third-order valence-corrected chi connectivity index (χ3v) is 1.85. The molecule has 0 bridgehead atoms. The SMILES string of the molecule is CC=Cc1ccc(OCC=O)c(OC)c1. The molecule has 0 amide bonds. The van der Waals surface area contributed by atoms with E-state index >= 15 is 0 Å². The van der Waals surface area contributed by atoms with Crippen LogP contribution in [-0.2, 0) is 4.79 Å². The maximum Gasteiger partial charge on any atom is 0.161 e.